The zero-order valence-corrected chi connectivity index (χ0v) is 48.1. The van der Waals surface area contributed by atoms with Gasteiger partial charge in [0, 0.05) is 12.8 Å². The molecule has 5 nitrogen and oxygen atoms in total. The Bertz CT molecular complexity index is 983. The predicted octanol–water partition coefficient (Wildman–Crippen LogP) is 22.1. The van der Waals surface area contributed by atoms with Gasteiger partial charge in [-0.3, -0.25) is 9.59 Å². The molecule has 0 aromatic carbocycles. The highest BCUT2D eigenvalue weighted by atomic mass is 16.6. The average molecular weight is 990 g/mol. The molecule has 0 bridgehead atoms. The summed E-state index contributed by atoms with van der Waals surface area (Å²) in [5.41, 5.74) is 0. The van der Waals surface area contributed by atoms with E-state index >= 15 is 0 Å². The van der Waals surface area contributed by atoms with E-state index in [0.717, 1.165) is 32.1 Å². The zero-order chi connectivity index (χ0) is 50.6. The molecule has 0 aromatic rings. The topological polar surface area (TPSA) is 72.8 Å². The van der Waals surface area contributed by atoms with Crippen LogP contribution in [-0.2, 0) is 19.1 Å². The van der Waals surface area contributed by atoms with E-state index in [-0.39, 0.29) is 25.2 Å². The fourth-order valence-electron chi connectivity index (χ4n) is 10.5. The summed E-state index contributed by atoms with van der Waals surface area (Å²) in [7, 11) is 0. The van der Waals surface area contributed by atoms with Crippen LogP contribution in [0.2, 0.25) is 0 Å². The number of rotatable bonds is 62. The van der Waals surface area contributed by atoms with E-state index in [4.69, 9.17) is 9.47 Å². The van der Waals surface area contributed by atoms with Gasteiger partial charge in [0.1, 0.15) is 6.61 Å². The normalized spacial score (nSPS) is 12.0. The molecule has 0 aliphatic heterocycles. The SMILES string of the molecule is CCCCCCCCCCCCCCCCCCCCCCCCCCCCCCC(=O)OCC(CO)OC(=O)CCCCCCCCCCCCCCCCCCCCCCCCCCCCCC. The van der Waals surface area contributed by atoms with Gasteiger partial charge in [-0.1, -0.05) is 361 Å². The van der Waals surface area contributed by atoms with Crippen molar-refractivity contribution in [2.75, 3.05) is 13.2 Å². The maximum absolute atomic E-state index is 12.3. The Labute approximate surface area is 439 Å². The zero-order valence-electron chi connectivity index (χ0n) is 48.1. The van der Waals surface area contributed by atoms with Gasteiger partial charge in [0.25, 0.3) is 0 Å². The lowest BCUT2D eigenvalue weighted by Gasteiger charge is -2.15. The molecule has 70 heavy (non-hydrogen) atoms. The Morgan fingerprint density at radius 3 is 0.629 bits per heavy atom. The minimum absolute atomic E-state index is 0.0554. The van der Waals surface area contributed by atoms with Crippen molar-refractivity contribution in [3.05, 3.63) is 0 Å². The van der Waals surface area contributed by atoms with Crippen molar-refractivity contribution in [2.45, 2.75) is 392 Å². The van der Waals surface area contributed by atoms with Crippen molar-refractivity contribution in [2.24, 2.45) is 0 Å². The van der Waals surface area contributed by atoms with Gasteiger partial charge in [0.05, 0.1) is 6.61 Å². The highest BCUT2D eigenvalue weighted by molar-refractivity contribution is 5.70. The number of aliphatic hydroxyl groups excluding tert-OH is 1. The summed E-state index contributed by atoms with van der Waals surface area (Å²) in [6.45, 7) is 4.22. The summed E-state index contributed by atoms with van der Waals surface area (Å²) in [5, 5.41) is 9.68. The van der Waals surface area contributed by atoms with Crippen molar-refractivity contribution >= 4 is 11.9 Å². The first-order chi connectivity index (χ1) is 34.6. The van der Waals surface area contributed by atoms with Crippen molar-refractivity contribution in [1.82, 2.24) is 0 Å². The molecule has 5 heteroatoms. The molecular formula is C65H128O5. The number of unbranched alkanes of at least 4 members (excludes halogenated alkanes) is 54. The van der Waals surface area contributed by atoms with E-state index in [1.165, 1.54) is 327 Å². The summed E-state index contributed by atoms with van der Waals surface area (Å²) >= 11 is 0. The number of hydrogen-bond acceptors (Lipinski definition) is 5. The highest BCUT2D eigenvalue weighted by Gasteiger charge is 2.16. The number of hydrogen-bond donors (Lipinski definition) is 1. The Kier molecular flexibility index (Phi) is 61.2. The van der Waals surface area contributed by atoms with Crippen molar-refractivity contribution in [3.63, 3.8) is 0 Å². The number of ether oxygens (including phenoxy) is 2. The summed E-state index contributed by atoms with van der Waals surface area (Å²) in [4.78, 5) is 24.6. The molecule has 0 saturated heterocycles. The van der Waals surface area contributed by atoms with Gasteiger partial charge >= 0.3 is 11.9 Å². The Balaban J connectivity index is 3.36. The molecule has 0 rings (SSSR count). The Hall–Kier alpha value is -1.10. The standard InChI is InChI=1S/C65H128O5/c1-3-5-7-9-11-13-15-17-19-21-23-25-27-29-31-33-35-37-39-41-43-45-47-49-51-53-55-57-59-64(67)69-62-63(61-66)70-65(68)60-58-56-54-52-50-48-46-44-42-40-38-36-34-32-30-28-26-24-22-20-18-16-14-12-10-8-6-4-2/h63,66H,3-62H2,1-2H3. The molecule has 418 valence electrons. The van der Waals surface area contributed by atoms with E-state index in [9.17, 15) is 14.7 Å². The second-order valence-corrected chi connectivity index (χ2v) is 22.6. The third-order valence-electron chi connectivity index (χ3n) is 15.4. The fourth-order valence-corrected chi connectivity index (χ4v) is 10.5. The van der Waals surface area contributed by atoms with Crippen LogP contribution in [0.25, 0.3) is 0 Å². The largest absolute Gasteiger partial charge is 0.462 e. The summed E-state index contributed by atoms with van der Waals surface area (Å²) in [6, 6.07) is 0. The molecule has 1 N–H and O–H groups in total. The number of esters is 2. The van der Waals surface area contributed by atoms with Gasteiger partial charge in [0.2, 0.25) is 0 Å². The molecule has 0 saturated carbocycles. The lowest BCUT2D eigenvalue weighted by Crippen LogP contribution is -2.28. The highest BCUT2D eigenvalue weighted by Crippen LogP contribution is 2.19. The molecule has 0 spiro atoms. The van der Waals surface area contributed by atoms with Gasteiger partial charge < -0.3 is 14.6 Å². The molecular weight excluding hydrogens is 861 g/mol. The maximum atomic E-state index is 12.3. The van der Waals surface area contributed by atoms with Gasteiger partial charge in [-0.2, -0.15) is 0 Å². The lowest BCUT2D eigenvalue weighted by molar-refractivity contribution is -0.161. The molecule has 0 heterocycles. The van der Waals surface area contributed by atoms with E-state index in [0.29, 0.717) is 12.8 Å². The van der Waals surface area contributed by atoms with Gasteiger partial charge in [-0.05, 0) is 12.8 Å². The molecule has 0 fully saturated rings. The lowest BCUT2D eigenvalue weighted by atomic mass is 10.0. The predicted molar refractivity (Wildman–Crippen MR) is 307 cm³/mol. The van der Waals surface area contributed by atoms with E-state index in [1.54, 1.807) is 0 Å². The molecule has 0 aliphatic rings. The van der Waals surface area contributed by atoms with Crippen LogP contribution < -0.4 is 0 Å². The van der Waals surface area contributed by atoms with E-state index < -0.39 is 6.10 Å². The summed E-state index contributed by atoms with van der Waals surface area (Å²) < 4.78 is 10.8. The van der Waals surface area contributed by atoms with Crippen LogP contribution in [0.5, 0.6) is 0 Å². The third-order valence-corrected chi connectivity index (χ3v) is 15.4. The first-order valence-corrected chi connectivity index (χ1v) is 32.6. The van der Waals surface area contributed by atoms with Crippen LogP contribution in [-0.4, -0.2) is 36.4 Å². The second kappa shape index (κ2) is 62.2. The fraction of sp³-hybridized carbons (Fsp3) is 0.969. The quantitative estimate of drug-likeness (QED) is 0.0486. The first kappa shape index (κ1) is 68.9. The van der Waals surface area contributed by atoms with Crippen LogP contribution in [0, 0.1) is 0 Å². The van der Waals surface area contributed by atoms with Crippen LogP contribution in [0.4, 0.5) is 0 Å². The first-order valence-electron chi connectivity index (χ1n) is 32.6. The van der Waals surface area contributed by atoms with E-state index in [1.807, 2.05) is 0 Å². The van der Waals surface area contributed by atoms with Gasteiger partial charge in [0.15, 0.2) is 6.10 Å². The Morgan fingerprint density at radius 2 is 0.443 bits per heavy atom. The minimum atomic E-state index is -0.765. The Morgan fingerprint density at radius 1 is 0.271 bits per heavy atom. The van der Waals surface area contributed by atoms with Crippen LogP contribution in [0.15, 0.2) is 0 Å². The summed E-state index contributed by atoms with van der Waals surface area (Å²) in [5.74, 6) is -0.560. The van der Waals surface area contributed by atoms with E-state index in [2.05, 4.69) is 13.8 Å². The van der Waals surface area contributed by atoms with Crippen LogP contribution in [0.3, 0.4) is 0 Å². The monoisotopic (exact) mass is 989 g/mol. The number of aliphatic hydroxyl groups is 1. The maximum Gasteiger partial charge on any atom is 0.306 e. The smallest absolute Gasteiger partial charge is 0.306 e. The minimum Gasteiger partial charge on any atom is -0.462 e. The molecule has 1 atom stereocenters. The molecule has 0 radical (unpaired) electrons. The van der Waals surface area contributed by atoms with Crippen molar-refractivity contribution < 1.29 is 24.2 Å². The van der Waals surface area contributed by atoms with Gasteiger partial charge in [-0.25, -0.2) is 0 Å². The number of carbonyl (C=O) groups excluding carboxylic acids is 2. The molecule has 1 unspecified atom stereocenters. The number of carbonyl (C=O) groups is 2. The van der Waals surface area contributed by atoms with Crippen molar-refractivity contribution in [3.8, 4) is 0 Å². The third kappa shape index (κ3) is 59.5. The van der Waals surface area contributed by atoms with Crippen LogP contribution in [0.1, 0.15) is 386 Å². The molecule has 0 aromatic heterocycles. The molecule has 0 amide bonds. The van der Waals surface area contributed by atoms with Gasteiger partial charge in [-0.15, -0.1) is 0 Å². The van der Waals surface area contributed by atoms with Crippen LogP contribution >= 0.6 is 0 Å². The average Bonchev–Trinajstić information content (AvgIpc) is 3.36. The van der Waals surface area contributed by atoms with Crippen molar-refractivity contribution in [1.29, 1.82) is 0 Å². The molecule has 0 aliphatic carbocycles. The second-order valence-electron chi connectivity index (χ2n) is 22.6. The summed E-state index contributed by atoms with van der Waals surface area (Å²) in [6.07, 6.45) is 77.0.